The van der Waals surface area contributed by atoms with E-state index >= 15 is 0 Å². The monoisotopic (exact) mass is 269 g/mol. The van der Waals surface area contributed by atoms with E-state index in [9.17, 15) is 8.42 Å². The van der Waals surface area contributed by atoms with E-state index in [1.807, 2.05) is 18.2 Å². The molecule has 2 N–H and O–H groups in total. The molecule has 0 aromatic heterocycles. The summed E-state index contributed by atoms with van der Waals surface area (Å²) >= 11 is 0. The van der Waals surface area contributed by atoms with Crippen LogP contribution < -0.4 is 10.5 Å². The highest BCUT2D eigenvalue weighted by molar-refractivity contribution is 7.90. The molecule has 0 saturated heterocycles. The molecule has 0 aliphatic heterocycles. The van der Waals surface area contributed by atoms with E-state index in [1.165, 1.54) is 17.4 Å². The van der Waals surface area contributed by atoms with Crippen LogP contribution >= 0.6 is 0 Å². The molecule has 0 saturated carbocycles. The number of benzene rings is 1. The van der Waals surface area contributed by atoms with Crippen LogP contribution in [0.2, 0.25) is 0 Å². The normalized spacial score (nSPS) is 18.7. The van der Waals surface area contributed by atoms with E-state index in [0.717, 1.165) is 18.6 Å². The molecule has 1 aliphatic rings. The second-order valence-electron chi connectivity index (χ2n) is 4.84. The van der Waals surface area contributed by atoms with Gasteiger partial charge in [-0.05, 0) is 42.5 Å². The average Bonchev–Trinajstić information content (AvgIpc) is 2.65. The second-order valence-corrected chi connectivity index (χ2v) is 7.10. The van der Waals surface area contributed by atoms with E-state index < -0.39 is 9.84 Å². The SMILES string of the molecule is CS(=O)(=O)CCCOc1ccc2c(c1)CC[C@@H]2N. The lowest BCUT2D eigenvalue weighted by molar-refractivity contribution is 0.317. The van der Waals surface area contributed by atoms with E-state index in [-0.39, 0.29) is 11.8 Å². The van der Waals surface area contributed by atoms with Gasteiger partial charge in [0.15, 0.2) is 0 Å². The Bertz CT molecular complexity index is 525. The zero-order chi connectivity index (χ0) is 13.2. The van der Waals surface area contributed by atoms with Gasteiger partial charge in [0.2, 0.25) is 0 Å². The van der Waals surface area contributed by atoms with Crippen LogP contribution in [0.25, 0.3) is 0 Å². The van der Waals surface area contributed by atoms with Gasteiger partial charge in [0.1, 0.15) is 15.6 Å². The van der Waals surface area contributed by atoms with Crippen LogP contribution in [-0.2, 0) is 16.3 Å². The largest absolute Gasteiger partial charge is 0.494 e. The second kappa shape index (κ2) is 5.28. The lowest BCUT2D eigenvalue weighted by Crippen LogP contribution is -2.08. The third-order valence-corrected chi connectivity index (χ3v) is 4.20. The number of fused-ring (bicyclic) bond motifs is 1. The summed E-state index contributed by atoms with van der Waals surface area (Å²) in [6.07, 6.45) is 3.75. The summed E-state index contributed by atoms with van der Waals surface area (Å²) in [6, 6.07) is 6.09. The Balaban J connectivity index is 1.88. The smallest absolute Gasteiger partial charge is 0.147 e. The van der Waals surface area contributed by atoms with Gasteiger partial charge in [0.05, 0.1) is 12.4 Å². The van der Waals surface area contributed by atoms with Crippen molar-refractivity contribution in [2.45, 2.75) is 25.3 Å². The molecule has 100 valence electrons. The third-order valence-electron chi connectivity index (χ3n) is 3.17. The Morgan fingerprint density at radius 3 is 2.94 bits per heavy atom. The maximum Gasteiger partial charge on any atom is 0.147 e. The summed E-state index contributed by atoms with van der Waals surface area (Å²) in [5.41, 5.74) is 8.42. The molecule has 1 aromatic carbocycles. The fraction of sp³-hybridized carbons (Fsp3) is 0.538. The summed E-state index contributed by atoms with van der Waals surface area (Å²) in [6.45, 7) is 0.428. The van der Waals surface area contributed by atoms with Crippen LogP contribution in [-0.4, -0.2) is 27.0 Å². The van der Waals surface area contributed by atoms with E-state index in [1.54, 1.807) is 0 Å². The molecule has 0 unspecified atom stereocenters. The van der Waals surface area contributed by atoms with Crippen LogP contribution in [0.1, 0.15) is 30.0 Å². The molecule has 0 fully saturated rings. The Labute approximate surface area is 108 Å². The van der Waals surface area contributed by atoms with Gasteiger partial charge in [-0.1, -0.05) is 6.07 Å². The fourth-order valence-corrected chi connectivity index (χ4v) is 2.87. The number of sulfone groups is 1. The first-order chi connectivity index (χ1) is 8.46. The van der Waals surface area contributed by atoms with Crippen molar-refractivity contribution in [1.29, 1.82) is 0 Å². The van der Waals surface area contributed by atoms with Crippen molar-refractivity contribution in [2.24, 2.45) is 5.73 Å². The molecule has 0 bridgehead atoms. The lowest BCUT2D eigenvalue weighted by atomic mass is 10.1. The third kappa shape index (κ3) is 3.46. The summed E-state index contributed by atoms with van der Waals surface area (Å²) in [7, 11) is -2.89. The van der Waals surface area contributed by atoms with Crippen LogP contribution in [0.4, 0.5) is 0 Å². The van der Waals surface area contributed by atoms with Gasteiger partial charge < -0.3 is 10.5 Å². The zero-order valence-electron chi connectivity index (χ0n) is 10.6. The topological polar surface area (TPSA) is 69.4 Å². The molecule has 2 rings (SSSR count). The summed E-state index contributed by atoms with van der Waals surface area (Å²) in [5, 5.41) is 0. The molecule has 18 heavy (non-hydrogen) atoms. The maximum absolute atomic E-state index is 11.0. The van der Waals surface area contributed by atoms with Gasteiger partial charge in [0, 0.05) is 12.3 Å². The predicted molar refractivity (Wildman–Crippen MR) is 71.5 cm³/mol. The Morgan fingerprint density at radius 2 is 2.22 bits per heavy atom. The molecule has 1 atom stereocenters. The average molecular weight is 269 g/mol. The van der Waals surface area contributed by atoms with Crippen molar-refractivity contribution in [2.75, 3.05) is 18.6 Å². The van der Waals surface area contributed by atoms with Crippen molar-refractivity contribution in [1.82, 2.24) is 0 Å². The molecular formula is C13H19NO3S. The van der Waals surface area contributed by atoms with Crippen LogP contribution in [0.3, 0.4) is 0 Å². The number of nitrogens with two attached hydrogens (primary N) is 1. The number of hydrogen-bond acceptors (Lipinski definition) is 4. The molecule has 0 radical (unpaired) electrons. The van der Waals surface area contributed by atoms with Gasteiger partial charge in [-0.3, -0.25) is 0 Å². The number of ether oxygens (including phenoxy) is 1. The standard InChI is InChI=1S/C13H19NO3S/c1-18(15,16)8-2-7-17-11-4-5-12-10(9-11)3-6-13(12)14/h4-5,9,13H,2-3,6-8,14H2,1H3/t13-/m0/s1. The summed E-state index contributed by atoms with van der Waals surface area (Å²) < 4.78 is 27.5. The van der Waals surface area contributed by atoms with Gasteiger partial charge in [-0.15, -0.1) is 0 Å². The zero-order valence-corrected chi connectivity index (χ0v) is 11.4. The van der Waals surface area contributed by atoms with E-state index in [0.29, 0.717) is 13.0 Å². The van der Waals surface area contributed by atoms with E-state index in [2.05, 4.69) is 0 Å². The molecular weight excluding hydrogens is 250 g/mol. The minimum atomic E-state index is -2.89. The Morgan fingerprint density at radius 1 is 1.44 bits per heavy atom. The Hall–Kier alpha value is -1.07. The van der Waals surface area contributed by atoms with Crippen LogP contribution in [0.15, 0.2) is 18.2 Å². The fourth-order valence-electron chi connectivity index (χ4n) is 2.23. The van der Waals surface area contributed by atoms with Gasteiger partial charge in [-0.2, -0.15) is 0 Å². The highest BCUT2D eigenvalue weighted by Gasteiger charge is 2.18. The summed E-state index contributed by atoms with van der Waals surface area (Å²) in [4.78, 5) is 0. The first kappa shape index (κ1) is 13.4. The molecule has 1 aromatic rings. The van der Waals surface area contributed by atoms with Crippen molar-refractivity contribution in [3.63, 3.8) is 0 Å². The predicted octanol–water partition coefficient (Wildman–Crippen LogP) is 1.45. The maximum atomic E-state index is 11.0. The Kier molecular flexibility index (Phi) is 3.92. The van der Waals surface area contributed by atoms with Crippen LogP contribution in [0, 0.1) is 0 Å². The van der Waals surface area contributed by atoms with Gasteiger partial charge in [-0.25, -0.2) is 8.42 Å². The van der Waals surface area contributed by atoms with Gasteiger partial charge in [0.25, 0.3) is 0 Å². The molecule has 1 aliphatic carbocycles. The van der Waals surface area contributed by atoms with Crippen LogP contribution in [0.5, 0.6) is 5.75 Å². The highest BCUT2D eigenvalue weighted by Crippen LogP contribution is 2.31. The van der Waals surface area contributed by atoms with Gasteiger partial charge >= 0.3 is 0 Å². The summed E-state index contributed by atoms with van der Waals surface area (Å²) in [5.74, 6) is 0.972. The molecule has 4 nitrogen and oxygen atoms in total. The first-order valence-corrected chi connectivity index (χ1v) is 8.21. The minimum absolute atomic E-state index is 0.152. The van der Waals surface area contributed by atoms with Crippen molar-refractivity contribution >= 4 is 9.84 Å². The van der Waals surface area contributed by atoms with E-state index in [4.69, 9.17) is 10.5 Å². The molecule has 0 spiro atoms. The lowest BCUT2D eigenvalue weighted by Gasteiger charge is -2.09. The molecule has 5 heteroatoms. The highest BCUT2D eigenvalue weighted by atomic mass is 32.2. The van der Waals surface area contributed by atoms with Crippen molar-refractivity contribution < 1.29 is 13.2 Å². The number of aryl methyl sites for hydroxylation is 1. The van der Waals surface area contributed by atoms with Crippen molar-refractivity contribution in [3.8, 4) is 5.75 Å². The first-order valence-electron chi connectivity index (χ1n) is 6.14. The molecule has 0 amide bonds. The number of hydrogen-bond donors (Lipinski definition) is 1. The quantitative estimate of drug-likeness (QED) is 0.821. The minimum Gasteiger partial charge on any atom is -0.494 e. The van der Waals surface area contributed by atoms with Crippen molar-refractivity contribution in [3.05, 3.63) is 29.3 Å². The molecule has 0 heterocycles. The number of rotatable bonds is 5.